The first-order chi connectivity index (χ1) is 12.2. The zero-order valence-electron chi connectivity index (χ0n) is 15.5. The minimum Gasteiger partial charge on any atom is -0.304 e. The molecule has 26 heavy (non-hydrogen) atoms. The SMILES string of the molecule is CONC(=O)c1ccc(C)c(-c2cnc3c(c2)[nH]c(=O)n3C(C)(C)C)c1. The van der Waals surface area contributed by atoms with Gasteiger partial charge in [0.2, 0.25) is 0 Å². The lowest BCUT2D eigenvalue weighted by molar-refractivity contribution is 0.0537. The summed E-state index contributed by atoms with van der Waals surface area (Å²) in [7, 11) is 1.39. The van der Waals surface area contributed by atoms with Gasteiger partial charge in [0.05, 0.1) is 12.6 Å². The molecule has 0 bridgehead atoms. The number of benzene rings is 1. The fourth-order valence-electron chi connectivity index (χ4n) is 2.99. The van der Waals surface area contributed by atoms with E-state index in [1.54, 1.807) is 22.9 Å². The van der Waals surface area contributed by atoms with E-state index >= 15 is 0 Å². The van der Waals surface area contributed by atoms with Crippen LogP contribution in [-0.2, 0) is 10.4 Å². The third-order valence-electron chi connectivity index (χ3n) is 4.20. The maximum Gasteiger partial charge on any atom is 0.328 e. The average Bonchev–Trinajstić information content (AvgIpc) is 2.90. The number of carbonyl (C=O) groups excluding carboxylic acids is 1. The summed E-state index contributed by atoms with van der Waals surface area (Å²) in [6.45, 7) is 7.83. The van der Waals surface area contributed by atoms with E-state index in [1.807, 2.05) is 39.8 Å². The Bertz CT molecular complexity index is 1040. The minimum absolute atomic E-state index is 0.193. The number of nitrogens with one attached hydrogen (secondary N) is 2. The normalized spacial score (nSPS) is 11.7. The molecule has 1 aromatic carbocycles. The molecule has 7 nitrogen and oxygen atoms in total. The monoisotopic (exact) mass is 354 g/mol. The number of hydrogen-bond acceptors (Lipinski definition) is 4. The van der Waals surface area contributed by atoms with E-state index in [1.165, 1.54) is 7.11 Å². The fourth-order valence-corrected chi connectivity index (χ4v) is 2.99. The number of aromatic amines is 1. The average molecular weight is 354 g/mol. The van der Waals surface area contributed by atoms with Gasteiger partial charge in [-0.1, -0.05) is 6.07 Å². The van der Waals surface area contributed by atoms with Gasteiger partial charge < -0.3 is 4.98 Å². The summed E-state index contributed by atoms with van der Waals surface area (Å²) in [5.74, 6) is -0.324. The summed E-state index contributed by atoms with van der Waals surface area (Å²) >= 11 is 0. The molecule has 0 saturated heterocycles. The Morgan fingerprint density at radius 1 is 1.27 bits per heavy atom. The number of H-pyrrole nitrogens is 1. The number of rotatable bonds is 3. The second-order valence-corrected chi connectivity index (χ2v) is 7.20. The molecule has 2 heterocycles. The molecule has 0 aliphatic rings. The molecule has 0 fully saturated rings. The van der Waals surface area contributed by atoms with Crippen LogP contribution in [0.15, 0.2) is 35.3 Å². The second kappa shape index (κ2) is 6.42. The van der Waals surface area contributed by atoms with Gasteiger partial charge in [-0.2, -0.15) is 0 Å². The van der Waals surface area contributed by atoms with Crippen LogP contribution in [-0.4, -0.2) is 27.6 Å². The summed E-state index contributed by atoms with van der Waals surface area (Å²) in [4.78, 5) is 36.4. The third-order valence-corrected chi connectivity index (χ3v) is 4.20. The summed E-state index contributed by atoms with van der Waals surface area (Å²) in [5, 5.41) is 0. The van der Waals surface area contributed by atoms with Crippen molar-refractivity contribution in [3.8, 4) is 11.1 Å². The minimum atomic E-state index is -0.377. The topological polar surface area (TPSA) is 89.0 Å². The van der Waals surface area contributed by atoms with Crippen LogP contribution < -0.4 is 11.2 Å². The van der Waals surface area contributed by atoms with Crippen molar-refractivity contribution >= 4 is 17.1 Å². The van der Waals surface area contributed by atoms with Gasteiger partial charge in [-0.05, 0) is 57.0 Å². The lowest BCUT2D eigenvalue weighted by Gasteiger charge is -2.19. The molecule has 0 aliphatic heterocycles. The molecule has 2 aromatic heterocycles. The van der Waals surface area contributed by atoms with Crippen LogP contribution in [0.3, 0.4) is 0 Å². The maximum atomic E-state index is 12.3. The molecular weight excluding hydrogens is 332 g/mol. The smallest absolute Gasteiger partial charge is 0.304 e. The number of aryl methyl sites for hydroxylation is 1. The molecule has 136 valence electrons. The zero-order valence-corrected chi connectivity index (χ0v) is 15.5. The van der Waals surface area contributed by atoms with Gasteiger partial charge in [0.15, 0.2) is 5.65 Å². The fraction of sp³-hybridized carbons (Fsp3) is 0.316. The van der Waals surface area contributed by atoms with E-state index in [2.05, 4.69) is 20.3 Å². The largest absolute Gasteiger partial charge is 0.328 e. The van der Waals surface area contributed by atoms with E-state index in [-0.39, 0.29) is 17.1 Å². The number of amides is 1. The van der Waals surface area contributed by atoms with Gasteiger partial charge in [-0.25, -0.2) is 15.3 Å². The number of hydrogen-bond donors (Lipinski definition) is 2. The number of hydroxylamine groups is 1. The summed E-state index contributed by atoms with van der Waals surface area (Å²) < 4.78 is 1.64. The van der Waals surface area contributed by atoms with Crippen LogP contribution >= 0.6 is 0 Å². The van der Waals surface area contributed by atoms with Crippen LogP contribution in [0.4, 0.5) is 0 Å². The van der Waals surface area contributed by atoms with Crippen molar-refractivity contribution < 1.29 is 9.63 Å². The second-order valence-electron chi connectivity index (χ2n) is 7.20. The van der Waals surface area contributed by atoms with Crippen molar-refractivity contribution in [2.24, 2.45) is 0 Å². The van der Waals surface area contributed by atoms with Crippen molar-refractivity contribution in [3.05, 3.63) is 52.1 Å². The maximum absolute atomic E-state index is 12.3. The number of aromatic nitrogens is 3. The summed E-state index contributed by atoms with van der Waals surface area (Å²) in [6, 6.07) is 7.27. The quantitative estimate of drug-likeness (QED) is 0.708. The van der Waals surface area contributed by atoms with E-state index in [0.29, 0.717) is 16.7 Å². The highest BCUT2D eigenvalue weighted by atomic mass is 16.6. The van der Waals surface area contributed by atoms with Crippen molar-refractivity contribution in [2.75, 3.05) is 7.11 Å². The Balaban J connectivity index is 2.13. The first-order valence-electron chi connectivity index (χ1n) is 8.28. The standard InChI is InChI=1S/C19H22N4O3/c1-11-6-7-12(17(24)22-26-5)8-14(11)13-9-15-16(20-10-13)23(18(25)21-15)19(2,3)4/h6-10H,1-5H3,(H,21,25)(H,22,24). The van der Waals surface area contributed by atoms with E-state index < -0.39 is 0 Å². The van der Waals surface area contributed by atoms with Crippen LogP contribution in [0.25, 0.3) is 22.3 Å². The number of nitrogens with zero attached hydrogens (tertiary/aromatic N) is 2. The van der Waals surface area contributed by atoms with Crippen LogP contribution in [0, 0.1) is 6.92 Å². The van der Waals surface area contributed by atoms with Crippen LogP contribution in [0.2, 0.25) is 0 Å². The first-order valence-corrected chi connectivity index (χ1v) is 8.28. The van der Waals surface area contributed by atoms with Crippen molar-refractivity contribution in [2.45, 2.75) is 33.2 Å². The van der Waals surface area contributed by atoms with Gasteiger partial charge in [-0.15, -0.1) is 0 Å². The van der Waals surface area contributed by atoms with E-state index in [4.69, 9.17) is 0 Å². The number of fused-ring (bicyclic) bond motifs is 1. The zero-order chi connectivity index (χ0) is 19.1. The first kappa shape index (κ1) is 17.9. The van der Waals surface area contributed by atoms with Gasteiger partial charge >= 0.3 is 5.69 Å². The molecule has 0 saturated carbocycles. The molecule has 0 unspecified atom stereocenters. The third kappa shape index (κ3) is 3.13. The number of carbonyl (C=O) groups is 1. The summed E-state index contributed by atoms with van der Waals surface area (Å²) in [5.41, 5.74) is 6.18. The van der Waals surface area contributed by atoms with E-state index in [0.717, 1.165) is 16.7 Å². The van der Waals surface area contributed by atoms with Gasteiger partial charge in [0.1, 0.15) is 0 Å². The van der Waals surface area contributed by atoms with Crippen molar-refractivity contribution in [1.82, 2.24) is 20.0 Å². The molecule has 0 spiro atoms. The Morgan fingerprint density at radius 2 is 2.00 bits per heavy atom. The van der Waals surface area contributed by atoms with Gasteiger partial charge in [-0.3, -0.25) is 14.2 Å². The Morgan fingerprint density at radius 3 is 2.65 bits per heavy atom. The number of pyridine rings is 1. The highest BCUT2D eigenvalue weighted by Gasteiger charge is 2.21. The predicted octanol–water partition coefficient (Wildman–Crippen LogP) is 2.75. The Labute approximate surface area is 151 Å². The highest BCUT2D eigenvalue weighted by molar-refractivity contribution is 5.95. The van der Waals surface area contributed by atoms with Gasteiger partial charge in [0.25, 0.3) is 5.91 Å². The molecule has 3 aromatic rings. The molecular formula is C19H22N4O3. The molecule has 0 atom stereocenters. The number of imidazole rings is 1. The molecule has 0 aliphatic carbocycles. The molecule has 7 heteroatoms. The Hall–Kier alpha value is -2.93. The van der Waals surface area contributed by atoms with Crippen molar-refractivity contribution in [3.63, 3.8) is 0 Å². The lowest BCUT2D eigenvalue weighted by atomic mass is 9.99. The van der Waals surface area contributed by atoms with E-state index in [9.17, 15) is 9.59 Å². The van der Waals surface area contributed by atoms with Crippen LogP contribution in [0.1, 0.15) is 36.7 Å². The Kier molecular flexibility index (Phi) is 4.41. The lowest BCUT2D eigenvalue weighted by Crippen LogP contribution is -2.32. The molecule has 3 rings (SSSR count). The van der Waals surface area contributed by atoms with Crippen LogP contribution in [0.5, 0.6) is 0 Å². The highest BCUT2D eigenvalue weighted by Crippen LogP contribution is 2.27. The van der Waals surface area contributed by atoms with Crippen molar-refractivity contribution in [1.29, 1.82) is 0 Å². The summed E-state index contributed by atoms with van der Waals surface area (Å²) in [6.07, 6.45) is 1.72. The van der Waals surface area contributed by atoms with Gasteiger partial charge in [0, 0.05) is 22.9 Å². The molecule has 2 N–H and O–H groups in total. The molecule has 1 amide bonds. The predicted molar refractivity (Wildman–Crippen MR) is 100.0 cm³/mol. The molecule has 0 radical (unpaired) electrons.